The Morgan fingerprint density at radius 1 is 1.13 bits per heavy atom. The fourth-order valence-electron chi connectivity index (χ4n) is 4.71. The molecule has 1 aromatic rings. The van der Waals surface area contributed by atoms with Gasteiger partial charge < -0.3 is 20.0 Å². The lowest BCUT2D eigenvalue weighted by atomic mass is 9.88. The molecule has 0 bridgehead atoms. The van der Waals surface area contributed by atoms with Crippen LogP contribution < -0.4 is 10.6 Å². The Labute approximate surface area is 180 Å². The number of carbonyl (C=O) groups is 2. The van der Waals surface area contributed by atoms with E-state index in [0.717, 1.165) is 31.7 Å². The number of piperidine rings is 2. The van der Waals surface area contributed by atoms with Crippen molar-refractivity contribution in [2.75, 3.05) is 32.7 Å². The molecule has 3 heterocycles. The van der Waals surface area contributed by atoms with Crippen LogP contribution in [0.5, 0.6) is 0 Å². The van der Waals surface area contributed by atoms with E-state index in [4.69, 9.17) is 4.42 Å². The van der Waals surface area contributed by atoms with Crippen LogP contribution in [0.25, 0.3) is 0 Å². The SMILES string of the molecule is Cc1ccc(C(=O)NC2CCN(C(=O)NCC(C)(C)N3C[C@H](C)C[C@H](C)C3)CC2)o1. The number of urea groups is 1. The first kappa shape index (κ1) is 22.7. The van der Waals surface area contributed by atoms with E-state index in [-0.39, 0.29) is 23.5 Å². The van der Waals surface area contributed by atoms with Crippen molar-refractivity contribution in [2.45, 2.75) is 65.5 Å². The molecule has 3 amide bonds. The molecule has 2 fully saturated rings. The fraction of sp³-hybridized carbons (Fsp3) is 0.739. The minimum Gasteiger partial charge on any atom is -0.456 e. The summed E-state index contributed by atoms with van der Waals surface area (Å²) in [7, 11) is 0. The third-order valence-electron chi connectivity index (χ3n) is 6.48. The summed E-state index contributed by atoms with van der Waals surface area (Å²) in [6.07, 6.45) is 2.79. The second kappa shape index (κ2) is 9.41. The minimum absolute atomic E-state index is 0.00684. The molecule has 0 unspecified atom stereocenters. The maximum Gasteiger partial charge on any atom is 0.317 e. The average Bonchev–Trinajstić information content (AvgIpc) is 3.12. The lowest BCUT2D eigenvalue weighted by Crippen LogP contribution is -2.58. The molecule has 2 N–H and O–H groups in total. The molecule has 7 heteroatoms. The highest BCUT2D eigenvalue weighted by molar-refractivity contribution is 5.91. The summed E-state index contributed by atoms with van der Waals surface area (Å²) >= 11 is 0. The van der Waals surface area contributed by atoms with Gasteiger partial charge in [0.1, 0.15) is 5.76 Å². The highest BCUT2D eigenvalue weighted by Gasteiger charge is 2.33. The summed E-state index contributed by atoms with van der Waals surface area (Å²) in [5.74, 6) is 2.28. The van der Waals surface area contributed by atoms with Crippen LogP contribution in [0.15, 0.2) is 16.5 Å². The van der Waals surface area contributed by atoms with E-state index >= 15 is 0 Å². The second-order valence-corrected chi connectivity index (χ2v) is 9.97. The van der Waals surface area contributed by atoms with Gasteiger partial charge in [0, 0.05) is 44.3 Å². The lowest BCUT2D eigenvalue weighted by Gasteiger charge is -2.45. The zero-order chi connectivity index (χ0) is 21.9. The Bertz CT molecular complexity index is 727. The number of amides is 3. The summed E-state index contributed by atoms with van der Waals surface area (Å²) in [6.45, 7) is 15.0. The van der Waals surface area contributed by atoms with E-state index in [1.807, 2.05) is 11.8 Å². The lowest BCUT2D eigenvalue weighted by molar-refractivity contribution is 0.0461. The summed E-state index contributed by atoms with van der Waals surface area (Å²) in [5.41, 5.74) is -0.0634. The number of nitrogens with one attached hydrogen (secondary N) is 2. The summed E-state index contributed by atoms with van der Waals surface area (Å²) < 4.78 is 5.38. The molecule has 7 nitrogen and oxygen atoms in total. The van der Waals surface area contributed by atoms with E-state index < -0.39 is 0 Å². The van der Waals surface area contributed by atoms with E-state index in [1.54, 1.807) is 12.1 Å². The predicted molar refractivity (Wildman–Crippen MR) is 118 cm³/mol. The van der Waals surface area contributed by atoms with Gasteiger partial charge in [0.25, 0.3) is 5.91 Å². The van der Waals surface area contributed by atoms with Gasteiger partial charge in [-0.3, -0.25) is 9.69 Å². The molecule has 1 aromatic heterocycles. The number of rotatable bonds is 5. The molecule has 2 aliphatic rings. The number of furan rings is 1. The zero-order valence-corrected chi connectivity index (χ0v) is 19.2. The number of hydrogen-bond acceptors (Lipinski definition) is 4. The van der Waals surface area contributed by atoms with Crippen molar-refractivity contribution in [1.29, 1.82) is 0 Å². The Balaban J connectivity index is 1.42. The van der Waals surface area contributed by atoms with Crippen LogP contribution in [0.1, 0.15) is 63.3 Å². The number of aryl methyl sites for hydroxylation is 1. The number of likely N-dealkylation sites (tertiary alicyclic amines) is 2. The average molecular weight is 419 g/mol. The molecule has 0 saturated carbocycles. The summed E-state index contributed by atoms with van der Waals surface area (Å²) in [6, 6.07) is 3.54. The fourth-order valence-corrected chi connectivity index (χ4v) is 4.71. The van der Waals surface area contributed by atoms with E-state index in [0.29, 0.717) is 37.2 Å². The third-order valence-corrected chi connectivity index (χ3v) is 6.48. The molecule has 2 atom stereocenters. The van der Waals surface area contributed by atoms with Crippen molar-refractivity contribution in [1.82, 2.24) is 20.4 Å². The smallest absolute Gasteiger partial charge is 0.317 e. The molecule has 2 aliphatic heterocycles. The van der Waals surface area contributed by atoms with Gasteiger partial charge in [-0.15, -0.1) is 0 Å². The van der Waals surface area contributed by atoms with Gasteiger partial charge >= 0.3 is 6.03 Å². The van der Waals surface area contributed by atoms with E-state index in [2.05, 4.69) is 43.2 Å². The second-order valence-electron chi connectivity index (χ2n) is 9.97. The van der Waals surface area contributed by atoms with Crippen LogP contribution >= 0.6 is 0 Å². The maximum absolute atomic E-state index is 12.7. The number of hydrogen-bond donors (Lipinski definition) is 2. The van der Waals surface area contributed by atoms with Crippen LogP contribution in [0.2, 0.25) is 0 Å². The van der Waals surface area contributed by atoms with Gasteiger partial charge in [0.2, 0.25) is 0 Å². The highest BCUT2D eigenvalue weighted by atomic mass is 16.3. The Kier molecular flexibility index (Phi) is 7.11. The van der Waals surface area contributed by atoms with Crippen molar-refractivity contribution < 1.29 is 14.0 Å². The van der Waals surface area contributed by atoms with Crippen LogP contribution in [0, 0.1) is 18.8 Å². The van der Waals surface area contributed by atoms with Gasteiger partial charge in [-0.25, -0.2) is 4.79 Å². The van der Waals surface area contributed by atoms with Crippen molar-refractivity contribution in [3.05, 3.63) is 23.7 Å². The molecule has 0 aromatic carbocycles. The Morgan fingerprint density at radius 2 is 1.77 bits per heavy atom. The molecule has 2 saturated heterocycles. The molecule has 0 aliphatic carbocycles. The Hall–Kier alpha value is -2.02. The third kappa shape index (κ3) is 5.78. The number of carbonyl (C=O) groups excluding carboxylic acids is 2. The van der Waals surface area contributed by atoms with Gasteiger partial charge in [0.05, 0.1) is 0 Å². The van der Waals surface area contributed by atoms with Crippen LogP contribution in [0.3, 0.4) is 0 Å². The molecule has 30 heavy (non-hydrogen) atoms. The van der Waals surface area contributed by atoms with E-state index in [1.165, 1.54) is 6.42 Å². The van der Waals surface area contributed by atoms with Gasteiger partial charge in [-0.1, -0.05) is 13.8 Å². The van der Waals surface area contributed by atoms with Crippen LogP contribution in [0.4, 0.5) is 4.79 Å². The van der Waals surface area contributed by atoms with Gasteiger partial charge in [0.15, 0.2) is 5.76 Å². The van der Waals surface area contributed by atoms with Crippen molar-refractivity contribution in [3.63, 3.8) is 0 Å². The summed E-state index contributed by atoms with van der Waals surface area (Å²) in [5, 5.41) is 6.16. The zero-order valence-electron chi connectivity index (χ0n) is 19.2. The minimum atomic E-state index is -0.183. The molecule has 0 radical (unpaired) electrons. The largest absolute Gasteiger partial charge is 0.456 e. The normalized spacial score (nSPS) is 24.0. The predicted octanol–water partition coefficient (Wildman–Crippen LogP) is 3.25. The van der Waals surface area contributed by atoms with Gasteiger partial charge in [-0.2, -0.15) is 0 Å². The monoisotopic (exact) mass is 418 g/mol. The number of nitrogens with zero attached hydrogens (tertiary/aromatic N) is 2. The molecule has 3 rings (SSSR count). The quantitative estimate of drug-likeness (QED) is 0.769. The molecule has 0 spiro atoms. The molecular weight excluding hydrogens is 380 g/mol. The molecule has 168 valence electrons. The first-order valence-corrected chi connectivity index (χ1v) is 11.3. The van der Waals surface area contributed by atoms with Gasteiger partial charge in [-0.05, 0) is 64.0 Å². The topological polar surface area (TPSA) is 77.8 Å². The first-order chi connectivity index (χ1) is 14.1. The molecular formula is C23H38N4O3. The summed E-state index contributed by atoms with van der Waals surface area (Å²) in [4.78, 5) is 29.3. The van der Waals surface area contributed by atoms with Crippen LogP contribution in [-0.2, 0) is 0 Å². The van der Waals surface area contributed by atoms with E-state index in [9.17, 15) is 9.59 Å². The van der Waals surface area contributed by atoms with Crippen LogP contribution in [-0.4, -0.2) is 66.0 Å². The van der Waals surface area contributed by atoms with Crippen molar-refractivity contribution in [2.24, 2.45) is 11.8 Å². The van der Waals surface area contributed by atoms with Crippen molar-refractivity contribution in [3.8, 4) is 0 Å². The first-order valence-electron chi connectivity index (χ1n) is 11.3. The highest BCUT2D eigenvalue weighted by Crippen LogP contribution is 2.27. The van der Waals surface area contributed by atoms with Crippen molar-refractivity contribution >= 4 is 11.9 Å². The Morgan fingerprint density at radius 3 is 2.33 bits per heavy atom. The standard InChI is InChI=1S/C23H38N4O3/c1-16-12-17(2)14-27(13-16)23(4,5)15-24-22(29)26-10-8-19(9-11-26)25-21(28)20-7-6-18(3)30-20/h6-7,16-17,19H,8-15H2,1-5H3,(H,24,29)(H,25,28)/t16-,17+. The maximum atomic E-state index is 12.7.